The lowest BCUT2D eigenvalue weighted by molar-refractivity contribution is 0.181. The lowest BCUT2D eigenvalue weighted by atomic mass is 10.1. The quantitative estimate of drug-likeness (QED) is 0.813. The second-order valence-electron chi connectivity index (χ2n) is 5.18. The second kappa shape index (κ2) is 6.84. The van der Waals surface area contributed by atoms with E-state index in [0.29, 0.717) is 0 Å². The topological polar surface area (TPSA) is 35.6 Å². The van der Waals surface area contributed by atoms with Gasteiger partial charge in [0.2, 0.25) is 0 Å². The number of amides is 2. The predicted octanol–water partition coefficient (Wildman–Crippen LogP) is 1.67. The minimum Gasteiger partial charge on any atom is -0.337 e. The Kier molecular flexibility index (Phi) is 5.10. The van der Waals surface area contributed by atoms with Gasteiger partial charge in [-0.15, -0.1) is 0 Å². The van der Waals surface area contributed by atoms with E-state index in [-0.39, 0.29) is 6.03 Å². The van der Waals surface area contributed by atoms with Crippen molar-refractivity contribution in [1.29, 1.82) is 0 Å². The average molecular weight is 239 g/mol. The van der Waals surface area contributed by atoms with Gasteiger partial charge in [0.15, 0.2) is 0 Å². The summed E-state index contributed by atoms with van der Waals surface area (Å²) < 4.78 is 0. The summed E-state index contributed by atoms with van der Waals surface area (Å²) in [4.78, 5) is 16.3. The van der Waals surface area contributed by atoms with E-state index >= 15 is 0 Å². The fourth-order valence-corrected chi connectivity index (χ4v) is 2.71. The van der Waals surface area contributed by atoms with Gasteiger partial charge in [0, 0.05) is 26.2 Å². The van der Waals surface area contributed by atoms with Crippen molar-refractivity contribution in [2.75, 3.05) is 39.3 Å². The van der Waals surface area contributed by atoms with E-state index in [2.05, 4.69) is 10.2 Å². The molecule has 2 rings (SSSR count). The highest BCUT2D eigenvalue weighted by atomic mass is 16.2. The zero-order chi connectivity index (χ0) is 11.9. The smallest absolute Gasteiger partial charge is 0.317 e. The van der Waals surface area contributed by atoms with E-state index in [4.69, 9.17) is 0 Å². The third-order valence-electron chi connectivity index (χ3n) is 3.80. The number of likely N-dealkylation sites (tertiary alicyclic amines) is 2. The minimum atomic E-state index is 0.140. The number of urea groups is 1. The molecule has 4 nitrogen and oxygen atoms in total. The van der Waals surface area contributed by atoms with Gasteiger partial charge < -0.3 is 15.1 Å². The molecule has 0 radical (unpaired) electrons. The van der Waals surface area contributed by atoms with Gasteiger partial charge in [-0.3, -0.25) is 0 Å². The predicted molar refractivity (Wildman–Crippen MR) is 69.1 cm³/mol. The van der Waals surface area contributed by atoms with Gasteiger partial charge in [-0.05, 0) is 45.2 Å². The van der Waals surface area contributed by atoms with E-state index < -0.39 is 0 Å². The summed E-state index contributed by atoms with van der Waals surface area (Å²) in [7, 11) is 0. The van der Waals surface area contributed by atoms with Gasteiger partial charge in [0.25, 0.3) is 0 Å². The van der Waals surface area contributed by atoms with Crippen molar-refractivity contribution in [3.8, 4) is 0 Å². The van der Waals surface area contributed by atoms with Crippen molar-refractivity contribution in [2.45, 2.75) is 38.5 Å². The summed E-state index contributed by atoms with van der Waals surface area (Å²) in [5.41, 5.74) is 0. The number of nitrogens with zero attached hydrogens (tertiary/aromatic N) is 2. The fraction of sp³-hybridized carbons (Fsp3) is 0.923. The molecule has 98 valence electrons. The molecule has 17 heavy (non-hydrogen) atoms. The highest BCUT2D eigenvalue weighted by molar-refractivity contribution is 5.74. The lowest BCUT2D eigenvalue weighted by Gasteiger charge is -2.29. The van der Waals surface area contributed by atoms with Crippen LogP contribution in [0.5, 0.6) is 0 Å². The van der Waals surface area contributed by atoms with E-state index in [9.17, 15) is 4.79 Å². The minimum absolute atomic E-state index is 0.140. The number of rotatable bonds is 3. The van der Waals surface area contributed by atoms with Gasteiger partial charge in [-0.2, -0.15) is 0 Å². The maximum atomic E-state index is 11.8. The standard InChI is InChI=1S/C13H25N3O/c17-13(16-10-5-2-6-11-16)14-7-12-15-8-3-1-4-9-15/h1-12H2,(H,14,17). The summed E-state index contributed by atoms with van der Waals surface area (Å²) in [5, 5.41) is 3.04. The van der Waals surface area contributed by atoms with Crippen LogP contribution in [0, 0.1) is 0 Å². The Morgan fingerprint density at radius 3 is 2.12 bits per heavy atom. The fourth-order valence-electron chi connectivity index (χ4n) is 2.71. The van der Waals surface area contributed by atoms with E-state index in [1.807, 2.05) is 4.90 Å². The Hall–Kier alpha value is -0.770. The second-order valence-corrected chi connectivity index (χ2v) is 5.18. The first-order valence-electron chi connectivity index (χ1n) is 7.11. The highest BCUT2D eigenvalue weighted by Gasteiger charge is 2.16. The third-order valence-corrected chi connectivity index (χ3v) is 3.80. The summed E-state index contributed by atoms with van der Waals surface area (Å²) in [6, 6.07) is 0.140. The van der Waals surface area contributed by atoms with Crippen LogP contribution in [0.4, 0.5) is 4.79 Å². The van der Waals surface area contributed by atoms with Crippen LogP contribution >= 0.6 is 0 Å². The van der Waals surface area contributed by atoms with E-state index in [0.717, 1.165) is 26.2 Å². The van der Waals surface area contributed by atoms with Gasteiger partial charge in [0.1, 0.15) is 0 Å². The summed E-state index contributed by atoms with van der Waals surface area (Å²) in [6.45, 7) is 6.11. The van der Waals surface area contributed by atoms with Crippen LogP contribution in [0.25, 0.3) is 0 Å². The van der Waals surface area contributed by atoms with Crippen molar-refractivity contribution in [3.05, 3.63) is 0 Å². The van der Waals surface area contributed by atoms with Gasteiger partial charge in [-0.1, -0.05) is 6.42 Å². The van der Waals surface area contributed by atoms with Crippen LogP contribution in [0.15, 0.2) is 0 Å². The number of hydrogen-bond acceptors (Lipinski definition) is 2. The van der Waals surface area contributed by atoms with Crippen molar-refractivity contribution in [3.63, 3.8) is 0 Å². The zero-order valence-electron chi connectivity index (χ0n) is 10.8. The van der Waals surface area contributed by atoms with Crippen LogP contribution in [0.3, 0.4) is 0 Å². The van der Waals surface area contributed by atoms with Crippen molar-refractivity contribution < 1.29 is 4.79 Å². The molecule has 0 aromatic heterocycles. The monoisotopic (exact) mass is 239 g/mol. The van der Waals surface area contributed by atoms with Gasteiger partial charge in [-0.25, -0.2) is 4.79 Å². The summed E-state index contributed by atoms with van der Waals surface area (Å²) in [6.07, 6.45) is 7.62. The largest absolute Gasteiger partial charge is 0.337 e. The molecule has 2 fully saturated rings. The molecule has 0 aliphatic carbocycles. The third kappa shape index (κ3) is 4.19. The first kappa shape index (κ1) is 12.7. The van der Waals surface area contributed by atoms with Gasteiger partial charge >= 0.3 is 6.03 Å². The van der Waals surface area contributed by atoms with Crippen molar-refractivity contribution in [2.24, 2.45) is 0 Å². The molecule has 0 bridgehead atoms. The van der Waals surface area contributed by atoms with Crippen molar-refractivity contribution >= 4 is 6.03 Å². The number of carbonyl (C=O) groups is 1. The molecule has 1 N–H and O–H groups in total. The Labute approximate surface area is 104 Å². The SMILES string of the molecule is O=C(NCCN1CCCCC1)N1CCCCC1. The normalized spacial score (nSPS) is 22.5. The van der Waals surface area contributed by atoms with E-state index in [1.165, 1.54) is 51.6 Å². The molecule has 2 saturated heterocycles. The number of nitrogens with one attached hydrogen (secondary N) is 1. The Bertz CT molecular complexity index is 233. The molecule has 2 aliphatic rings. The highest BCUT2D eigenvalue weighted by Crippen LogP contribution is 2.09. The number of hydrogen-bond donors (Lipinski definition) is 1. The zero-order valence-corrected chi connectivity index (χ0v) is 10.8. The van der Waals surface area contributed by atoms with Crippen LogP contribution in [0.2, 0.25) is 0 Å². The molecule has 0 spiro atoms. The summed E-state index contributed by atoms with van der Waals surface area (Å²) >= 11 is 0. The van der Waals surface area contributed by atoms with Crippen LogP contribution in [-0.4, -0.2) is 55.1 Å². The van der Waals surface area contributed by atoms with E-state index in [1.54, 1.807) is 0 Å². The maximum absolute atomic E-state index is 11.8. The molecule has 2 aliphatic heterocycles. The number of carbonyl (C=O) groups excluding carboxylic acids is 1. The Morgan fingerprint density at radius 1 is 0.882 bits per heavy atom. The molecule has 0 aromatic rings. The first-order chi connectivity index (χ1) is 8.36. The molecular weight excluding hydrogens is 214 g/mol. The van der Waals surface area contributed by atoms with Gasteiger partial charge in [0.05, 0.1) is 0 Å². The van der Waals surface area contributed by atoms with Crippen LogP contribution in [-0.2, 0) is 0 Å². The first-order valence-corrected chi connectivity index (χ1v) is 7.11. The molecule has 0 saturated carbocycles. The van der Waals surface area contributed by atoms with Crippen LogP contribution in [0.1, 0.15) is 38.5 Å². The lowest BCUT2D eigenvalue weighted by Crippen LogP contribution is -2.45. The molecule has 0 atom stereocenters. The Balaban J connectivity index is 1.58. The number of piperidine rings is 2. The van der Waals surface area contributed by atoms with Crippen LogP contribution < -0.4 is 5.32 Å². The molecule has 4 heteroatoms. The van der Waals surface area contributed by atoms with Crippen molar-refractivity contribution in [1.82, 2.24) is 15.1 Å². The molecule has 2 amide bonds. The average Bonchev–Trinajstić information content (AvgIpc) is 2.41. The summed E-state index contributed by atoms with van der Waals surface area (Å²) in [5.74, 6) is 0. The molecule has 2 heterocycles. The maximum Gasteiger partial charge on any atom is 0.317 e. The Morgan fingerprint density at radius 2 is 1.47 bits per heavy atom. The molecule has 0 unspecified atom stereocenters. The molecular formula is C13H25N3O. The molecule has 0 aromatic carbocycles.